The van der Waals surface area contributed by atoms with Gasteiger partial charge in [0.2, 0.25) is 0 Å². The van der Waals surface area contributed by atoms with Crippen molar-refractivity contribution in [1.82, 2.24) is 9.78 Å². The molecule has 0 aliphatic rings. The summed E-state index contributed by atoms with van der Waals surface area (Å²) < 4.78 is 119. The highest BCUT2D eigenvalue weighted by Gasteiger charge is 2.36. The van der Waals surface area contributed by atoms with E-state index in [1.165, 1.54) is 6.07 Å². The first-order chi connectivity index (χ1) is 14.1. The van der Waals surface area contributed by atoms with E-state index in [0.717, 1.165) is 36.6 Å². The summed E-state index contributed by atoms with van der Waals surface area (Å²) in [4.78, 5) is -0.679. The Bertz CT molecular complexity index is 1230. The molecule has 0 atom stereocenters. The monoisotopic (exact) mass is 468 g/mol. The van der Waals surface area contributed by atoms with Crippen molar-refractivity contribution in [3.63, 3.8) is 0 Å². The maximum Gasteiger partial charge on any atom is 0.573 e. The van der Waals surface area contributed by atoms with Crippen LogP contribution in [-0.4, -0.2) is 30.8 Å². The zero-order valence-corrected chi connectivity index (χ0v) is 16.1. The Hall–Kier alpha value is -3.09. The summed E-state index contributed by atoms with van der Waals surface area (Å²) in [5, 5.41) is 3.38. The smallest absolute Gasteiger partial charge is 0.406 e. The van der Waals surface area contributed by atoms with Crippen molar-refractivity contribution in [3.8, 4) is 22.7 Å². The minimum Gasteiger partial charge on any atom is -0.406 e. The highest BCUT2D eigenvalue weighted by atomic mass is 32.2. The summed E-state index contributed by atoms with van der Waals surface area (Å²) in [7, 11) is -3.94. The summed E-state index contributed by atoms with van der Waals surface area (Å²) in [6.07, 6.45) is -9.19. The van der Waals surface area contributed by atoms with E-state index in [1.54, 1.807) is 0 Å². The van der Waals surface area contributed by atoms with Crippen LogP contribution in [0.1, 0.15) is 5.69 Å². The third-order valence-electron chi connectivity index (χ3n) is 3.92. The molecule has 0 aliphatic carbocycles. The van der Waals surface area contributed by atoms with E-state index in [4.69, 9.17) is 0 Å². The average molecular weight is 468 g/mol. The molecule has 1 heterocycles. The van der Waals surface area contributed by atoms with Crippen LogP contribution in [0.2, 0.25) is 0 Å². The molecule has 0 radical (unpaired) electrons. The lowest BCUT2D eigenvalue weighted by atomic mass is 10.1. The first-order valence-electron chi connectivity index (χ1n) is 8.18. The van der Waals surface area contributed by atoms with Crippen LogP contribution in [0.3, 0.4) is 0 Å². The molecule has 0 fully saturated rings. The van der Waals surface area contributed by atoms with Gasteiger partial charge in [0.15, 0.2) is 15.5 Å². The van der Waals surface area contributed by atoms with E-state index < -0.39 is 44.5 Å². The average Bonchev–Trinajstić information content (AvgIpc) is 3.05. The zero-order valence-electron chi connectivity index (χ0n) is 15.3. The molecule has 2 aromatic carbocycles. The number of rotatable bonds is 4. The van der Waals surface area contributed by atoms with Crippen LogP contribution < -0.4 is 4.74 Å². The van der Waals surface area contributed by atoms with Crippen molar-refractivity contribution >= 4 is 9.84 Å². The fraction of sp³-hybridized carbons (Fsp3) is 0.167. The Morgan fingerprint density at radius 2 is 1.65 bits per heavy atom. The van der Waals surface area contributed by atoms with Crippen LogP contribution in [0.4, 0.5) is 30.7 Å². The van der Waals surface area contributed by atoms with Gasteiger partial charge >= 0.3 is 12.5 Å². The molecule has 0 bridgehead atoms. The molecule has 1 aromatic heterocycles. The lowest BCUT2D eigenvalue weighted by molar-refractivity contribution is -0.274. The Kier molecular flexibility index (Phi) is 5.50. The second kappa shape index (κ2) is 7.55. The highest BCUT2D eigenvalue weighted by molar-refractivity contribution is 7.90. The van der Waals surface area contributed by atoms with E-state index >= 15 is 0 Å². The molecule has 166 valence electrons. The molecule has 0 aliphatic heterocycles. The van der Waals surface area contributed by atoms with E-state index in [2.05, 4.69) is 9.84 Å². The predicted molar refractivity (Wildman–Crippen MR) is 93.8 cm³/mol. The number of hydrogen-bond donors (Lipinski definition) is 0. The number of hydrogen-bond acceptors (Lipinski definition) is 4. The molecule has 5 nitrogen and oxygen atoms in total. The number of alkyl halides is 6. The first kappa shape index (κ1) is 22.6. The van der Waals surface area contributed by atoms with Crippen LogP contribution in [0.25, 0.3) is 16.9 Å². The number of halogens is 7. The topological polar surface area (TPSA) is 61.2 Å². The van der Waals surface area contributed by atoms with Gasteiger partial charge in [-0.1, -0.05) is 12.1 Å². The van der Waals surface area contributed by atoms with Gasteiger partial charge in [-0.3, -0.25) is 0 Å². The van der Waals surface area contributed by atoms with Crippen LogP contribution >= 0.6 is 0 Å². The quantitative estimate of drug-likeness (QED) is 0.506. The molecular formula is C18H11F7N2O3S. The van der Waals surface area contributed by atoms with Gasteiger partial charge in [-0.2, -0.15) is 18.3 Å². The van der Waals surface area contributed by atoms with Crippen LogP contribution in [0, 0.1) is 5.82 Å². The van der Waals surface area contributed by atoms with Crippen molar-refractivity contribution in [2.75, 3.05) is 6.26 Å². The Balaban J connectivity index is 2.18. The van der Waals surface area contributed by atoms with Gasteiger partial charge in [-0.25, -0.2) is 17.5 Å². The minimum atomic E-state index is -5.03. The Morgan fingerprint density at radius 3 is 2.19 bits per heavy atom. The van der Waals surface area contributed by atoms with Gasteiger partial charge in [-0.05, 0) is 30.3 Å². The highest BCUT2D eigenvalue weighted by Crippen LogP contribution is 2.35. The molecule has 31 heavy (non-hydrogen) atoms. The van der Waals surface area contributed by atoms with E-state index in [-0.39, 0.29) is 16.9 Å². The third-order valence-corrected chi connectivity index (χ3v) is 5.05. The Labute approximate surface area is 170 Å². The van der Waals surface area contributed by atoms with Crippen molar-refractivity contribution in [2.45, 2.75) is 17.4 Å². The largest absolute Gasteiger partial charge is 0.573 e. The second-order valence-electron chi connectivity index (χ2n) is 6.29. The molecular weight excluding hydrogens is 457 g/mol. The molecule has 13 heteroatoms. The number of nitrogens with zero attached hydrogens (tertiary/aromatic N) is 2. The van der Waals surface area contributed by atoms with E-state index in [1.807, 2.05) is 0 Å². The lowest BCUT2D eigenvalue weighted by Crippen LogP contribution is -2.17. The summed E-state index contributed by atoms with van der Waals surface area (Å²) in [6.45, 7) is 0. The summed E-state index contributed by atoms with van der Waals surface area (Å²) in [6, 6.07) is 7.20. The van der Waals surface area contributed by atoms with Gasteiger partial charge in [0.05, 0.1) is 11.4 Å². The fourth-order valence-electron chi connectivity index (χ4n) is 2.70. The molecule has 0 spiro atoms. The lowest BCUT2D eigenvalue weighted by Gasteiger charge is -2.12. The van der Waals surface area contributed by atoms with Crippen molar-refractivity contribution in [3.05, 3.63) is 60.0 Å². The number of aromatic nitrogens is 2. The molecule has 0 N–H and O–H groups in total. The van der Waals surface area contributed by atoms with Crippen molar-refractivity contribution in [1.29, 1.82) is 0 Å². The molecule has 3 aromatic rings. The van der Waals surface area contributed by atoms with Crippen LogP contribution in [0.5, 0.6) is 5.75 Å². The summed E-state index contributed by atoms with van der Waals surface area (Å²) in [5.41, 5.74) is -2.14. The maximum atomic E-state index is 14.3. The SMILES string of the molecule is CS(=O)(=O)c1ccc(-n2nc(C(F)(F)F)cc2-c2cccc(OC(F)(F)F)c2)cc1F. The van der Waals surface area contributed by atoms with E-state index in [0.29, 0.717) is 16.8 Å². The second-order valence-corrected chi connectivity index (χ2v) is 8.27. The molecule has 3 rings (SSSR count). The molecule has 0 saturated carbocycles. The Morgan fingerprint density at radius 1 is 0.968 bits per heavy atom. The number of sulfone groups is 1. The number of ether oxygens (including phenoxy) is 1. The maximum absolute atomic E-state index is 14.3. The zero-order chi connectivity index (χ0) is 23.2. The van der Waals surface area contributed by atoms with Gasteiger partial charge in [0.25, 0.3) is 0 Å². The van der Waals surface area contributed by atoms with Crippen molar-refractivity contribution < 1.29 is 43.9 Å². The van der Waals surface area contributed by atoms with Crippen LogP contribution in [0.15, 0.2) is 53.4 Å². The van der Waals surface area contributed by atoms with Gasteiger partial charge < -0.3 is 4.74 Å². The van der Waals surface area contributed by atoms with E-state index in [9.17, 15) is 39.2 Å². The normalized spacial score (nSPS) is 12.8. The standard InChI is InChI=1S/C18H11F7N2O3S/c1-31(28,29)15-6-5-11(8-13(15)19)27-14(9-16(26-27)17(20,21)22)10-3-2-4-12(7-10)30-18(23,24)25/h2-9H,1H3. The third kappa shape index (κ3) is 5.16. The number of benzene rings is 2. The van der Waals surface area contributed by atoms with Crippen molar-refractivity contribution in [2.24, 2.45) is 0 Å². The minimum absolute atomic E-state index is 0.141. The first-order valence-corrected chi connectivity index (χ1v) is 10.1. The van der Waals surface area contributed by atoms with Crippen LogP contribution in [-0.2, 0) is 16.0 Å². The van der Waals surface area contributed by atoms with Gasteiger partial charge in [-0.15, -0.1) is 13.2 Å². The van der Waals surface area contributed by atoms with Gasteiger partial charge in [0, 0.05) is 17.9 Å². The summed E-state index contributed by atoms with van der Waals surface area (Å²) in [5.74, 6) is -1.92. The van der Waals surface area contributed by atoms with Gasteiger partial charge in [0.1, 0.15) is 16.5 Å². The molecule has 0 unspecified atom stereocenters. The molecule has 0 amide bonds. The summed E-state index contributed by atoms with van der Waals surface area (Å²) >= 11 is 0. The fourth-order valence-corrected chi connectivity index (χ4v) is 3.43. The predicted octanol–water partition coefficient (Wildman–Crippen LogP) is 5.00. The molecule has 0 saturated heterocycles.